The minimum atomic E-state index is -0.632. The van der Waals surface area contributed by atoms with Crippen LogP contribution in [0.1, 0.15) is 54.2 Å². The maximum atomic E-state index is 14.7. The van der Waals surface area contributed by atoms with Crippen LogP contribution in [0, 0.1) is 24.1 Å². The maximum absolute atomic E-state index is 14.7. The molecule has 1 aliphatic rings. The average Bonchev–Trinajstić information content (AvgIpc) is 3.51. The lowest BCUT2D eigenvalue weighted by molar-refractivity contribution is 0.102. The molecule has 0 atom stereocenters. The summed E-state index contributed by atoms with van der Waals surface area (Å²) in [6.45, 7) is 5.49. The first-order valence-corrected chi connectivity index (χ1v) is 10.8. The summed E-state index contributed by atoms with van der Waals surface area (Å²) in [4.78, 5) is 21.7. The number of carbonyl (C=O) groups is 1. The molecule has 172 valence electrons. The summed E-state index contributed by atoms with van der Waals surface area (Å²) in [6, 6.07) is 7.75. The number of anilines is 2. The van der Waals surface area contributed by atoms with Crippen molar-refractivity contribution in [3.8, 4) is 5.69 Å². The average molecular weight is 451 g/mol. The fourth-order valence-electron chi connectivity index (χ4n) is 3.49. The lowest BCUT2D eigenvalue weighted by atomic mass is 10.1. The number of amidine groups is 1. The number of amides is 1. The molecule has 3 aromatic rings. The van der Waals surface area contributed by atoms with Gasteiger partial charge in [-0.15, -0.1) is 0 Å². The molecule has 0 radical (unpaired) electrons. The molecule has 2 aromatic heterocycles. The predicted octanol–water partition coefficient (Wildman–Crippen LogP) is 3.66. The third kappa shape index (κ3) is 4.76. The summed E-state index contributed by atoms with van der Waals surface area (Å²) >= 11 is 0. The zero-order valence-corrected chi connectivity index (χ0v) is 18.8. The fraction of sp³-hybridized carbons (Fsp3) is 0.304. The van der Waals surface area contributed by atoms with Gasteiger partial charge in [0, 0.05) is 18.0 Å². The minimum absolute atomic E-state index is 0.104. The molecule has 1 aromatic carbocycles. The van der Waals surface area contributed by atoms with Crippen LogP contribution in [0.5, 0.6) is 0 Å². The number of hydrazine groups is 2. The van der Waals surface area contributed by atoms with Crippen molar-refractivity contribution in [2.45, 2.75) is 39.5 Å². The number of aromatic nitrogens is 3. The Morgan fingerprint density at radius 1 is 1.33 bits per heavy atom. The zero-order valence-electron chi connectivity index (χ0n) is 18.8. The van der Waals surface area contributed by atoms with Crippen LogP contribution in [-0.2, 0) is 0 Å². The summed E-state index contributed by atoms with van der Waals surface area (Å²) in [5.74, 6) is 5.43. The summed E-state index contributed by atoms with van der Waals surface area (Å²) in [7, 11) is 0. The van der Waals surface area contributed by atoms with Crippen molar-refractivity contribution in [3.63, 3.8) is 0 Å². The summed E-state index contributed by atoms with van der Waals surface area (Å²) in [6.07, 6.45) is 5.89. The van der Waals surface area contributed by atoms with Gasteiger partial charge in [0.25, 0.3) is 5.91 Å². The minimum Gasteiger partial charge on any atom is -0.306 e. The third-order valence-corrected chi connectivity index (χ3v) is 5.53. The number of imidazole rings is 1. The molecule has 2 heterocycles. The molecule has 1 amide bonds. The molecule has 5 N–H and O–H groups in total. The van der Waals surface area contributed by atoms with Gasteiger partial charge in [0.05, 0.1) is 23.3 Å². The van der Waals surface area contributed by atoms with E-state index < -0.39 is 11.7 Å². The van der Waals surface area contributed by atoms with E-state index in [1.165, 1.54) is 17.1 Å². The molecule has 1 aliphatic carbocycles. The first kappa shape index (κ1) is 22.6. The maximum Gasteiger partial charge on any atom is 0.259 e. The van der Waals surface area contributed by atoms with Crippen molar-refractivity contribution >= 4 is 23.4 Å². The second-order valence-electron chi connectivity index (χ2n) is 8.44. The van der Waals surface area contributed by atoms with E-state index in [-0.39, 0.29) is 23.1 Å². The smallest absolute Gasteiger partial charge is 0.259 e. The molecule has 0 spiro atoms. The number of hydrogen-bond donors (Lipinski definition) is 4. The van der Waals surface area contributed by atoms with E-state index in [2.05, 4.69) is 20.8 Å². The monoisotopic (exact) mass is 450 g/mol. The Bertz CT molecular complexity index is 1200. The molecule has 1 fully saturated rings. The first-order valence-electron chi connectivity index (χ1n) is 10.8. The number of nitrogens with zero attached hydrogens (tertiary/aromatic N) is 4. The van der Waals surface area contributed by atoms with E-state index in [9.17, 15) is 9.18 Å². The van der Waals surface area contributed by atoms with Crippen molar-refractivity contribution in [1.29, 1.82) is 5.41 Å². The number of aryl methyl sites for hydroxylation is 1. The Hall–Kier alpha value is -3.63. The first-order chi connectivity index (χ1) is 15.8. The number of hydrogen-bond acceptors (Lipinski definition) is 6. The van der Waals surface area contributed by atoms with Gasteiger partial charge in [-0.05, 0) is 49.6 Å². The number of nitrogens with two attached hydrogens (primary N) is 1. The largest absolute Gasteiger partial charge is 0.306 e. The molecule has 0 saturated heterocycles. The summed E-state index contributed by atoms with van der Waals surface area (Å²) in [5.41, 5.74) is 4.72. The Morgan fingerprint density at radius 3 is 2.76 bits per heavy atom. The van der Waals surface area contributed by atoms with Crippen LogP contribution >= 0.6 is 0 Å². The van der Waals surface area contributed by atoms with Gasteiger partial charge < -0.3 is 9.88 Å². The van der Waals surface area contributed by atoms with Gasteiger partial charge in [0.1, 0.15) is 17.5 Å². The van der Waals surface area contributed by atoms with Gasteiger partial charge >= 0.3 is 0 Å². The molecule has 4 rings (SSSR count). The molecule has 1 saturated carbocycles. The molecular formula is C23H27FN8O. The van der Waals surface area contributed by atoms with Crippen LogP contribution in [0.3, 0.4) is 0 Å². The molecule has 0 aliphatic heterocycles. The van der Waals surface area contributed by atoms with Crippen molar-refractivity contribution in [3.05, 3.63) is 65.5 Å². The Labute approximate surface area is 191 Å². The number of rotatable bonds is 7. The number of halogens is 1. The van der Waals surface area contributed by atoms with Crippen LogP contribution in [0.4, 0.5) is 16.0 Å². The van der Waals surface area contributed by atoms with Gasteiger partial charge in [-0.2, -0.15) is 5.53 Å². The molecule has 33 heavy (non-hydrogen) atoms. The van der Waals surface area contributed by atoms with Crippen molar-refractivity contribution in [1.82, 2.24) is 20.1 Å². The summed E-state index contributed by atoms with van der Waals surface area (Å²) < 4.78 is 16.6. The zero-order chi connectivity index (χ0) is 23.7. The van der Waals surface area contributed by atoms with Gasteiger partial charge in [-0.1, -0.05) is 19.9 Å². The number of carbonyl (C=O) groups excluding carboxylic acids is 1. The van der Waals surface area contributed by atoms with E-state index in [1.807, 2.05) is 24.6 Å². The van der Waals surface area contributed by atoms with E-state index in [4.69, 9.17) is 11.3 Å². The lowest BCUT2D eigenvalue weighted by Gasteiger charge is -2.24. The van der Waals surface area contributed by atoms with Gasteiger partial charge in [-0.25, -0.2) is 19.4 Å². The lowest BCUT2D eigenvalue weighted by Crippen LogP contribution is -2.49. The number of nitrogens with one attached hydrogen (secondary N) is 3. The quantitative estimate of drug-likeness (QED) is 0.188. The normalized spacial score (nSPS) is 13.3. The van der Waals surface area contributed by atoms with Crippen LogP contribution in [0.25, 0.3) is 5.69 Å². The van der Waals surface area contributed by atoms with Gasteiger partial charge in [0.15, 0.2) is 5.82 Å². The van der Waals surface area contributed by atoms with Crippen LogP contribution in [0.2, 0.25) is 0 Å². The highest BCUT2D eigenvalue weighted by atomic mass is 19.1. The SMILES string of the molecule is Cc1cc(F)c(C(=O)Nc2cccc(N(NN)C(=N)C(C)C)n2)cc1-n1cnc(C2CC2)c1. The van der Waals surface area contributed by atoms with Crippen molar-refractivity contribution in [2.24, 2.45) is 11.8 Å². The highest BCUT2D eigenvalue weighted by Crippen LogP contribution is 2.39. The Morgan fingerprint density at radius 2 is 2.09 bits per heavy atom. The van der Waals surface area contributed by atoms with Crippen LogP contribution in [-0.4, -0.2) is 26.3 Å². The van der Waals surface area contributed by atoms with Gasteiger partial charge in [-0.3, -0.25) is 16.0 Å². The molecule has 10 heteroatoms. The van der Waals surface area contributed by atoms with Crippen molar-refractivity contribution < 1.29 is 9.18 Å². The molecule has 0 bridgehead atoms. The van der Waals surface area contributed by atoms with Crippen LogP contribution < -0.4 is 21.7 Å². The fourth-order valence-corrected chi connectivity index (χ4v) is 3.49. The Kier molecular flexibility index (Phi) is 6.21. The van der Waals surface area contributed by atoms with E-state index in [0.717, 1.165) is 18.5 Å². The van der Waals surface area contributed by atoms with Crippen LogP contribution in [0.15, 0.2) is 42.9 Å². The van der Waals surface area contributed by atoms with E-state index >= 15 is 0 Å². The second kappa shape index (κ2) is 9.08. The Balaban J connectivity index is 1.59. The predicted molar refractivity (Wildman–Crippen MR) is 125 cm³/mol. The van der Waals surface area contributed by atoms with E-state index in [1.54, 1.807) is 31.5 Å². The van der Waals surface area contributed by atoms with Gasteiger partial charge in [0.2, 0.25) is 0 Å². The summed E-state index contributed by atoms with van der Waals surface area (Å²) in [5, 5.41) is 12.1. The molecule has 0 unspecified atom stereocenters. The number of benzene rings is 1. The third-order valence-electron chi connectivity index (χ3n) is 5.53. The number of pyridine rings is 1. The van der Waals surface area contributed by atoms with Crippen molar-refractivity contribution in [2.75, 3.05) is 10.3 Å². The highest BCUT2D eigenvalue weighted by molar-refractivity contribution is 6.04. The molecular weight excluding hydrogens is 423 g/mol. The standard InChI is InChI=1S/C23H27FN8O/c1-13(2)22(25)32(30-26)21-6-4-5-20(28-21)29-23(33)16-10-19(14(3)9-17(16)24)31-11-18(27-12-31)15-7-8-15/h4-6,9-13,15,25,30H,7-8,26H2,1-3H3,(H,28,29,33). The second-order valence-corrected chi connectivity index (χ2v) is 8.44. The highest BCUT2D eigenvalue weighted by Gasteiger charge is 2.26. The molecule has 9 nitrogen and oxygen atoms in total. The van der Waals surface area contributed by atoms with E-state index in [0.29, 0.717) is 23.0 Å². The topological polar surface area (TPSA) is 125 Å².